The molecule has 0 N–H and O–H groups in total. The highest BCUT2D eigenvalue weighted by Crippen LogP contribution is 2.24. The van der Waals surface area contributed by atoms with Gasteiger partial charge in [-0.05, 0) is 25.5 Å². The smallest absolute Gasteiger partial charge is 0.243 e. The molecule has 0 amide bonds. The summed E-state index contributed by atoms with van der Waals surface area (Å²) in [7, 11) is -3.53. The predicted molar refractivity (Wildman–Crippen MR) is 66.4 cm³/mol. The second-order valence-electron chi connectivity index (χ2n) is 3.97. The lowest BCUT2D eigenvalue weighted by atomic mass is 10.2. The zero-order valence-corrected chi connectivity index (χ0v) is 11.0. The topological polar surface area (TPSA) is 50.3 Å². The van der Waals surface area contributed by atoms with E-state index in [0.717, 1.165) is 12.0 Å². The lowest BCUT2D eigenvalue weighted by Crippen LogP contribution is -2.35. The van der Waals surface area contributed by atoms with Gasteiger partial charge in [0.2, 0.25) is 10.0 Å². The van der Waals surface area contributed by atoms with Crippen molar-refractivity contribution in [3.63, 3.8) is 0 Å². The molecule has 1 aliphatic rings. The molecule has 0 aliphatic carbocycles. The van der Waals surface area contributed by atoms with Crippen LogP contribution in [-0.2, 0) is 10.0 Å². The number of nitrogens with zero attached hydrogens (tertiary/aromatic N) is 2. The first-order valence-corrected chi connectivity index (χ1v) is 7.10. The Morgan fingerprint density at radius 3 is 2.88 bits per heavy atom. The molecule has 0 aromatic carbocycles. The predicted octanol–water partition coefficient (Wildman–Crippen LogP) is 2.08. The molecule has 1 aromatic rings. The van der Waals surface area contributed by atoms with Crippen LogP contribution in [0.1, 0.15) is 13.3 Å². The molecule has 0 atom stereocenters. The van der Waals surface area contributed by atoms with Gasteiger partial charge in [-0.25, -0.2) is 13.4 Å². The molecule has 1 aliphatic heterocycles. The Morgan fingerprint density at radius 1 is 1.47 bits per heavy atom. The highest BCUT2D eigenvalue weighted by molar-refractivity contribution is 7.89. The summed E-state index contributed by atoms with van der Waals surface area (Å²) in [4.78, 5) is 3.88. The highest BCUT2D eigenvalue weighted by Gasteiger charge is 2.28. The molecular formula is C11H13ClN2O2S. The third-order valence-electron chi connectivity index (χ3n) is 2.64. The first-order chi connectivity index (χ1) is 8.01. The third-order valence-corrected chi connectivity index (χ3v) is 4.93. The fraction of sp³-hybridized carbons (Fsp3) is 0.364. The summed E-state index contributed by atoms with van der Waals surface area (Å²) in [5, 5.41) is 0.0275. The first-order valence-electron chi connectivity index (χ1n) is 5.28. The largest absolute Gasteiger partial charge is 0.246 e. The van der Waals surface area contributed by atoms with Gasteiger partial charge < -0.3 is 0 Å². The van der Waals surface area contributed by atoms with E-state index in [2.05, 4.69) is 11.1 Å². The summed E-state index contributed by atoms with van der Waals surface area (Å²) in [5.74, 6) is 0. The number of hydrogen-bond donors (Lipinski definition) is 0. The number of aromatic nitrogens is 1. The number of halogens is 1. The fourth-order valence-electron chi connectivity index (χ4n) is 1.78. The summed E-state index contributed by atoms with van der Waals surface area (Å²) in [5.41, 5.74) is 1.06. The maximum atomic E-state index is 12.3. The van der Waals surface area contributed by atoms with E-state index in [9.17, 15) is 8.42 Å². The van der Waals surface area contributed by atoms with Crippen LogP contribution in [0.3, 0.4) is 0 Å². The Kier molecular flexibility index (Phi) is 3.51. The Hall–Kier alpha value is -0.910. The van der Waals surface area contributed by atoms with Gasteiger partial charge in [0.15, 0.2) is 0 Å². The van der Waals surface area contributed by atoms with Gasteiger partial charge >= 0.3 is 0 Å². The van der Waals surface area contributed by atoms with E-state index in [1.54, 1.807) is 6.07 Å². The molecule has 17 heavy (non-hydrogen) atoms. The second kappa shape index (κ2) is 4.76. The number of pyridine rings is 1. The van der Waals surface area contributed by atoms with Crippen LogP contribution in [0.4, 0.5) is 0 Å². The van der Waals surface area contributed by atoms with E-state index in [1.165, 1.54) is 16.6 Å². The molecule has 0 fully saturated rings. The molecular weight excluding hydrogens is 260 g/mol. The summed E-state index contributed by atoms with van der Waals surface area (Å²) in [6.07, 6.45) is 4.27. The molecule has 1 aromatic heterocycles. The van der Waals surface area contributed by atoms with Crippen molar-refractivity contribution in [3.8, 4) is 0 Å². The van der Waals surface area contributed by atoms with Crippen LogP contribution in [-0.4, -0.2) is 30.8 Å². The molecule has 4 nitrogen and oxygen atoms in total. The van der Waals surface area contributed by atoms with Gasteiger partial charge in [0.05, 0.1) is 0 Å². The van der Waals surface area contributed by atoms with E-state index in [-0.39, 0.29) is 10.0 Å². The van der Waals surface area contributed by atoms with Crippen molar-refractivity contribution in [1.29, 1.82) is 0 Å². The van der Waals surface area contributed by atoms with Crippen LogP contribution >= 0.6 is 11.6 Å². The normalized spacial score (nSPS) is 17.9. The van der Waals surface area contributed by atoms with Gasteiger partial charge in [-0.1, -0.05) is 23.3 Å². The van der Waals surface area contributed by atoms with Crippen molar-refractivity contribution in [1.82, 2.24) is 9.29 Å². The maximum absolute atomic E-state index is 12.3. The van der Waals surface area contributed by atoms with E-state index in [1.807, 2.05) is 6.92 Å². The second-order valence-corrected chi connectivity index (χ2v) is 6.23. The fourth-order valence-corrected chi connectivity index (χ4v) is 3.71. The van der Waals surface area contributed by atoms with E-state index in [0.29, 0.717) is 13.1 Å². The van der Waals surface area contributed by atoms with Crippen LogP contribution in [0.25, 0.3) is 0 Å². The molecule has 6 heteroatoms. The van der Waals surface area contributed by atoms with Crippen molar-refractivity contribution >= 4 is 21.6 Å². The van der Waals surface area contributed by atoms with Gasteiger partial charge in [0.25, 0.3) is 0 Å². The maximum Gasteiger partial charge on any atom is 0.246 e. The van der Waals surface area contributed by atoms with E-state index >= 15 is 0 Å². The van der Waals surface area contributed by atoms with Crippen LogP contribution < -0.4 is 0 Å². The molecule has 0 bridgehead atoms. The lowest BCUT2D eigenvalue weighted by Gasteiger charge is -2.25. The molecule has 0 radical (unpaired) electrons. The zero-order chi connectivity index (χ0) is 12.5. The van der Waals surface area contributed by atoms with Crippen LogP contribution in [0, 0.1) is 0 Å². The molecule has 92 valence electrons. The molecule has 0 spiro atoms. The van der Waals surface area contributed by atoms with Gasteiger partial charge in [0, 0.05) is 19.3 Å². The lowest BCUT2D eigenvalue weighted by molar-refractivity contribution is 0.427. The summed E-state index contributed by atoms with van der Waals surface area (Å²) < 4.78 is 26.1. The summed E-state index contributed by atoms with van der Waals surface area (Å²) >= 11 is 5.83. The van der Waals surface area contributed by atoms with Crippen LogP contribution in [0.5, 0.6) is 0 Å². The Bertz CT molecular complexity index is 554. The van der Waals surface area contributed by atoms with Crippen molar-refractivity contribution in [3.05, 3.63) is 35.1 Å². The Labute approximate surface area is 106 Å². The van der Waals surface area contributed by atoms with Crippen molar-refractivity contribution in [2.75, 3.05) is 13.1 Å². The van der Waals surface area contributed by atoms with Gasteiger partial charge in [-0.3, -0.25) is 0 Å². The minimum atomic E-state index is -3.53. The average Bonchev–Trinajstić information content (AvgIpc) is 2.29. The Morgan fingerprint density at radius 2 is 2.24 bits per heavy atom. The van der Waals surface area contributed by atoms with Gasteiger partial charge in [-0.15, -0.1) is 0 Å². The summed E-state index contributed by atoms with van der Waals surface area (Å²) in [6.45, 7) is 2.84. The van der Waals surface area contributed by atoms with E-state index < -0.39 is 10.0 Å². The third kappa shape index (κ3) is 2.51. The molecule has 0 saturated carbocycles. The Balaban J connectivity index is 2.38. The monoisotopic (exact) mass is 272 g/mol. The van der Waals surface area contributed by atoms with Crippen molar-refractivity contribution < 1.29 is 8.42 Å². The SMILES string of the molecule is CC1=CCCN(S(=O)(=O)c2cccnc2Cl)C1. The molecule has 2 rings (SSSR count). The summed E-state index contributed by atoms with van der Waals surface area (Å²) in [6, 6.07) is 3.06. The van der Waals surface area contributed by atoms with Crippen molar-refractivity contribution in [2.24, 2.45) is 0 Å². The number of sulfonamides is 1. The van der Waals surface area contributed by atoms with Crippen LogP contribution in [0.2, 0.25) is 5.15 Å². The highest BCUT2D eigenvalue weighted by atomic mass is 35.5. The van der Waals surface area contributed by atoms with Gasteiger partial charge in [0.1, 0.15) is 10.0 Å². The molecule has 0 unspecified atom stereocenters. The first kappa shape index (κ1) is 12.5. The van der Waals surface area contributed by atoms with Gasteiger partial charge in [-0.2, -0.15) is 4.31 Å². The quantitative estimate of drug-likeness (QED) is 0.612. The van der Waals surface area contributed by atoms with E-state index in [4.69, 9.17) is 11.6 Å². The number of rotatable bonds is 2. The minimum Gasteiger partial charge on any atom is -0.243 e. The van der Waals surface area contributed by atoms with Crippen LogP contribution in [0.15, 0.2) is 34.9 Å². The zero-order valence-electron chi connectivity index (χ0n) is 9.43. The average molecular weight is 273 g/mol. The molecule has 0 saturated heterocycles. The minimum absolute atomic E-state index is 0.0275. The molecule has 2 heterocycles. The standard InChI is InChI=1S/C11H13ClN2O2S/c1-9-4-3-7-14(8-9)17(15,16)10-5-2-6-13-11(10)12/h2,4-6H,3,7-8H2,1H3. The van der Waals surface area contributed by atoms with Crippen molar-refractivity contribution in [2.45, 2.75) is 18.2 Å². The number of hydrogen-bond acceptors (Lipinski definition) is 3.